The van der Waals surface area contributed by atoms with Gasteiger partial charge in [0.2, 0.25) is 0 Å². The molecule has 0 aliphatic heterocycles. The van der Waals surface area contributed by atoms with E-state index in [0.717, 1.165) is 5.56 Å². The Hall–Kier alpha value is -1.87. The topological polar surface area (TPSA) is 26.3 Å². The molecule has 0 heterocycles. The zero-order valence-corrected chi connectivity index (χ0v) is 11.1. The van der Waals surface area contributed by atoms with Gasteiger partial charge in [-0.15, -0.1) is 0 Å². The van der Waals surface area contributed by atoms with Gasteiger partial charge in [0, 0.05) is 5.56 Å². The van der Waals surface area contributed by atoms with Crippen LogP contribution in [0.25, 0.3) is 0 Å². The van der Waals surface area contributed by atoms with Gasteiger partial charge in [0.15, 0.2) is 5.78 Å². The number of hydrogen-bond donors (Lipinski definition) is 0. The van der Waals surface area contributed by atoms with E-state index in [1.54, 1.807) is 30.3 Å². The highest BCUT2D eigenvalue weighted by Crippen LogP contribution is 2.23. The van der Waals surface area contributed by atoms with Crippen LogP contribution in [0.4, 0.5) is 4.39 Å². The highest BCUT2D eigenvalue weighted by molar-refractivity contribution is 6.34. The molecule has 4 heteroatoms. The highest BCUT2D eigenvalue weighted by atomic mass is 35.5. The second kappa shape index (κ2) is 5.85. The maximum absolute atomic E-state index is 12.7. The summed E-state index contributed by atoms with van der Waals surface area (Å²) in [6.07, 6.45) is 0. The smallest absolute Gasteiger partial charge is 0.161 e. The van der Waals surface area contributed by atoms with E-state index in [1.807, 2.05) is 0 Å². The quantitative estimate of drug-likeness (QED) is 0.781. The Labute approximate surface area is 115 Å². The van der Waals surface area contributed by atoms with E-state index in [4.69, 9.17) is 16.3 Å². The van der Waals surface area contributed by atoms with Gasteiger partial charge in [-0.2, -0.15) is 0 Å². The molecule has 0 aliphatic carbocycles. The van der Waals surface area contributed by atoms with Crippen molar-refractivity contribution >= 4 is 17.4 Å². The lowest BCUT2D eigenvalue weighted by atomic mass is 10.1. The lowest BCUT2D eigenvalue weighted by Gasteiger charge is -2.08. The number of carbonyl (C=O) groups excluding carboxylic acids is 1. The Morgan fingerprint density at radius 1 is 1.21 bits per heavy atom. The number of carbonyl (C=O) groups is 1. The Kier molecular flexibility index (Phi) is 4.17. The maximum Gasteiger partial charge on any atom is 0.161 e. The van der Waals surface area contributed by atoms with Crippen molar-refractivity contribution in [2.75, 3.05) is 0 Å². The van der Waals surface area contributed by atoms with E-state index in [9.17, 15) is 9.18 Å². The number of rotatable bonds is 4. The van der Waals surface area contributed by atoms with Crippen molar-refractivity contribution in [1.82, 2.24) is 0 Å². The fourth-order valence-electron chi connectivity index (χ4n) is 1.62. The van der Waals surface area contributed by atoms with Crippen LogP contribution < -0.4 is 4.74 Å². The van der Waals surface area contributed by atoms with E-state index in [0.29, 0.717) is 22.9 Å². The molecule has 0 unspecified atom stereocenters. The van der Waals surface area contributed by atoms with E-state index in [2.05, 4.69) is 0 Å². The zero-order valence-electron chi connectivity index (χ0n) is 10.3. The Morgan fingerprint density at radius 2 is 1.89 bits per heavy atom. The molecule has 0 bridgehead atoms. The normalized spacial score (nSPS) is 10.3. The molecule has 0 aliphatic rings. The molecule has 2 nitrogen and oxygen atoms in total. The summed E-state index contributed by atoms with van der Waals surface area (Å²) in [6.45, 7) is 1.77. The number of ketones is 1. The van der Waals surface area contributed by atoms with Crippen molar-refractivity contribution in [2.45, 2.75) is 13.5 Å². The van der Waals surface area contributed by atoms with Crippen LogP contribution in [0.2, 0.25) is 5.02 Å². The molecule has 0 saturated heterocycles. The summed E-state index contributed by atoms with van der Waals surface area (Å²) in [5.74, 6) is 0.201. The van der Waals surface area contributed by atoms with Crippen molar-refractivity contribution in [2.24, 2.45) is 0 Å². The largest absolute Gasteiger partial charge is 0.489 e. The van der Waals surface area contributed by atoms with Gasteiger partial charge in [0.1, 0.15) is 18.2 Å². The number of benzene rings is 2. The molecule has 0 fully saturated rings. The first kappa shape index (κ1) is 13.6. The van der Waals surface area contributed by atoms with Crippen LogP contribution in [0, 0.1) is 5.82 Å². The monoisotopic (exact) mass is 278 g/mol. The third kappa shape index (κ3) is 3.55. The molecule has 0 atom stereocenters. The molecule has 19 heavy (non-hydrogen) atoms. The molecule has 2 aromatic carbocycles. The number of Topliss-reactive ketones (excluding diaryl/α,β-unsaturated/α-hetero) is 1. The highest BCUT2D eigenvalue weighted by Gasteiger charge is 2.06. The molecule has 0 amide bonds. The van der Waals surface area contributed by atoms with Gasteiger partial charge < -0.3 is 4.74 Å². The molecule has 0 saturated carbocycles. The van der Waals surface area contributed by atoms with Crippen LogP contribution in [-0.4, -0.2) is 5.78 Å². The van der Waals surface area contributed by atoms with E-state index in [1.165, 1.54) is 19.1 Å². The minimum atomic E-state index is -0.280. The first-order chi connectivity index (χ1) is 9.06. The standard InChI is InChI=1S/C15H12ClFO2/c1-10(18)14-7-6-13(8-15(14)16)19-9-11-2-4-12(17)5-3-11/h2-8H,9H2,1H3. The summed E-state index contributed by atoms with van der Waals surface area (Å²) >= 11 is 5.98. The molecule has 0 N–H and O–H groups in total. The molecule has 0 spiro atoms. The summed E-state index contributed by atoms with van der Waals surface area (Å²) in [7, 11) is 0. The average molecular weight is 279 g/mol. The molecular weight excluding hydrogens is 267 g/mol. The molecule has 98 valence electrons. The molecule has 2 rings (SSSR count). The van der Waals surface area contributed by atoms with Crippen LogP contribution in [0.3, 0.4) is 0 Å². The first-order valence-corrected chi connectivity index (χ1v) is 6.12. The SMILES string of the molecule is CC(=O)c1ccc(OCc2ccc(F)cc2)cc1Cl. The van der Waals surface area contributed by atoms with E-state index in [-0.39, 0.29) is 11.6 Å². The van der Waals surface area contributed by atoms with Gasteiger partial charge in [0.05, 0.1) is 5.02 Å². The van der Waals surface area contributed by atoms with Crippen LogP contribution in [0.15, 0.2) is 42.5 Å². The van der Waals surface area contributed by atoms with Gasteiger partial charge in [-0.1, -0.05) is 23.7 Å². The van der Waals surface area contributed by atoms with Crippen molar-refractivity contribution in [3.8, 4) is 5.75 Å². The lowest BCUT2D eigenvalue weighted by molar-refractivity contribution is 0.101. The molecular formula is C15H12ClFO2. The Bertz CT molecular complexity index is 594. The second-order valence-electron chi connectivity index (χ2n) is 4.11. The molecule has 0 radical (unpaired) electrons. The number of hydrogen-bond acceptors (Lipinski definition) is 2. The van der Waals surface area contributed by atoms with Gasteiger partial charge in [0.25, 0.3) is 0 Å². The van der Waals surface area contributed by atoms with Crippen molar-refractivity contribution in [3.05, 3.63) is 64.4 Å². The van der Waals surface area contributed by atoms with Crippen LogP contribution >= 0.6 is 11.6 Å². The third-order valence-corrected chi connectivity index (χ3v) is 2.95. The van der Waals surface area contributed by atoms with Crippen LogP contribution in [0.1, 0.15) is 22.8 Å². The summed E-state index contributed by atoms with van der Waals surface area (Å²) < 4.78 is 18.3. The van der Waals surface area contributed by atoms with E-state index < -0.39 is 0 Å². The maximum atomic E-state index is 12.7. The fraction of sp³-hybridized carbons (Fsp3) is 0.133. The second-order valence-corrected chi connectivity index (χ2v) is 4.52. The summed E-state index contributed by atoms with van der Waals surface area (Å²) in [5.41, 5.74) is 1.32. The van der Waals surface area contributed by atoms with Gasteiger partial charge in [-0.25, -0.2) is 4.39 Å². The average Bonchev–Trinajstić information content (AvgIpc) is 2.37. The zero-order chi connectivity index (χ0) is 13.8. The number of ether oxygens (including phenoxy) is 1. The van der Waals surface area contributed by atoms with Gasteiger partial charge in [-0.05, 0) is 42.8 Å². The van der Waals surface area contributed by atoms with Crippen LogP contribution in [-0.2, 0) is 6.61 Å². The Balaban J connectivity index is 2.06. The summed E-state index contributed by atoms with van der Waals surface area (Å²) in [6, 6.07) is 11.0. The van der Waals surface area contributed by atoms with Crippen molar-refractivity contribution in [3.63, 3.8) is 0 Å². The van der Waals surface area contributed by atoms with Gasteiger partial charge >= 0.3 is 0 Å². The van der Waals surface area contributed by atoms with Gasteiger partial charge in [-0.3, -0.25) is 4.79 Å². The molecule has 0 aromatic heterocycles. The number of halogens is 2. The molecule has 2 aromatic rings. The van der Waals surface area contributed by atoms with Crippen molar-refractivity contribution in [1.29, 1.82) is 0 Å². The predicted molar refractivity (Wildman–Crippen MR) is 72.2 cm³/mol. The minimum Gasteiger partial charge on any atom is -0.489 e. The predicted octanol–water partition coefficient (Wildman–Crippen LogP) is 4.26. The minimum absolute atomic E-state index is 0.0879. The summed E-state index contributed by atoms with van der Waals surface area (Å²) in [5, 5.41) is 0.365. The summed E-state index contributed by atoms with van der Waals surface area (Å²) in [4.78, 5) is 11.2. The fourth-order valence-corrected chi connectivity index (χ4v) is 1.92. The first-order valence-electron chi connectivity index (χ1n) is 5.74. The lowest BCUT2D eigenvalue weighted by Crippen LogP contribution is -1.97. The van der Waals surface area contributed by atoms with E-state index >= 15 is 0 Å². The van der Waals surface area contributed by atoms with Crippen molar-refractivity contribution < 1.29 is 13.9 Å². The van der Waals surface area contributed by atoms with Crippen LogP contribution in [0.5, 0.6) is 5.75 Å². The Morgan fingerprint density at radius 3 is 2.47 bits per heavy atom. The third-order valence-electron chi connectivity index (χ3n) is 2.64.